The van der Waals surface area contributed by atoms with E-state index in [4.69, 9.17) is 11.6 Å². The number of nitrogens with one attached hydrogen (secondary N) is 3. The molecule has 1 aromatic rings. The Morgan fingerprint density at radius 1 is 1.28 bits per heavy atom. The summed E-state index contributed by atoms with van der Waals surface area (Å²) in [6.07, 6.45) is 4.71. The van der Waals surface area contributed by atoms with Crippen LogP contribution in [0.2, 0.25) is 5.15 Å². The van der Waals surface area contributed by atoms with Crippen LogP contribution in [0.5, 0.6) is 0 Å². The number of amides is 2. The van der Waals surface area contributed by atoms with Crippen molar-refractivity contribution >= 4 is 29.1 Å². The summed E-state index contributed by atoms with van der Waals surface area (Å²) >= 11 is 5.95. The lowest BCUT2D eigenvalue weighted by atomic mass is 9.85. The van der Waals surface area contributed by atoms with Gasteiger partial charge in [0.05, 0.1) is 11.3 Å². The monoisotopic (exact) mass is 366 g/mol. The summed E-state index contributed by atoms with van der Waals surface area (Å²) in [5, 5.41) is 9.52. The number of carbonyl (C=O) groups excluding carboxylic acids is 2. The topological polar surface area (TPSA) is 83.1 Å². The molecule has 2 amide bonds. The highest BCUT2D eigenvalue weighted by atomic mass is 35.5. The maximum absolute atomic E-state index is 12.6. The van der Waals surface area contributed by atoms with Crippen LogP contribution in [-0.4, -0.2) is 35.4 Å². The lowest BCUT2D eigenvalue weighted by Crippen LogP contribution is -2.41. The van der Waals surface area contributed by atoms with Crippen molar-refractivity contribution in [2.24, 2.45) is 5.92 Å². The molecule has 6 nitrogen and oxygen atoms in total. The van der Waals surface area contributed by atoms with E-state index in [0.717, 1.165) is 25.7 Å². The van der Waals surface area contributed by atoms with E-state index in [0.29, 0.717) is 22.9 Å². The SMILES string of the molecule is CCNC(=O)C1CCC(NC(=O)c2cnc(Cl)cc2NC(C)C)CC1. The van der Waals surface area contributed by atoms with Crippen LogP contribution in [0.25, 0.3) is 0 Å². The van der Waals surface area contributed by atoms with Gasteiger partial charge in [0.2, 0.25) is 5.91 Å². The molecular weight excluding hydrogens is 340 g/mol. The Balaban J connectivity index is 1.96. The van der Waals surface area contributed by atoms with Crippen molar-refractivity contribution < 1.29 is 9.59 Å². The average Bonchev–Trinajstić information content (AvgIpc) is 2.55. The van der Waals surface area contributed by atoms with E-state index in [1.165, 1.54) is 6.20 Å². The largest absolute Gasteiger partial charge is 0.382 e. The molecule has 1 heterocycles. The molecule has 2 rings (SSSR count). The molecule has 0 saturated heterocycles. The van der Waals surface area contributed by atoms with Gasteiger partial charge in [-0.25, -0.2) is 4.98 Å². The van der Waals surface area contributed by atoms with Crippen molar-refractivity contribution in [3.05, 3.63) is 23.0 Å². The van der Waals surface area contributed by atoms with Crippen molar-refractivity contribution in [2.75, 3.05) is 11.9 Å². The van der Waals surface area contributed by atoms with Crippen LogP contribution in [0.15, 0.2) is 12.3 Å². The molecule has 1 aliphatic carbocycles. The molecule has 138 valence electrons. The van der Waals surface area contributed by atoms with Crippen LogP contribution in [0.3, 0.4) is 0 Å². The van der Waals surface area contributed by atoms with Gasteiger partial charge >= 0.3 is 0 Å². The van der Waals surface area contributed by atoms with Gasteiger partial charge in [-0.2, -0.15) is 0 Å². The van der Waals surface area contributed by atoms with Crippen molar-refractivity contribution in [1.82, 2.24) is 15.6 Å². The number of hydrogen-bond donors (Lipinski definition) is 3. The number of pyridine rings is 1. The third kappa shape index (κ3) is 5.59. The summed E-state index contributed by atoms with van der Waals surface area (Å²) in [5.41, 5.74) is 1.17. The highest BCUT2D eigenvalue weighted by Gasteiger charge is 2.27. The van der Waals surface area contributed by atoms with Crippen LogP contribution >= 0.6 is 11.6 Å². The van der Waals surface area contributed by atoms with E-state index >= 15 is 0 Å². The second kappa shape index (κ2) is 9.04. The van der Waals surface area contributed by atoms with Gasteiger partial charge in [-0.3, -0.25) is 9.59 Å². The minimum absolute atomic E-state index is 0.0588. The molecule has 0 unspecified atom stereocenters. The minimum atomic E-state index is -0.159. The van der Waals surface area contributed by atoms with Crippen LogP contribution in [0.1, 0.15) is 56.8 Å². The standard InChI is InChI=1S/C18H27ClN4O2/c1-4-20-17(24)12-5-7-13(8-6-12)23-18(25)14-10-21-16(19)9-15(14)22-11(2)3/h9-13H,4-8H2,1-3H3,(H,20,24)(H,21,22)(H,23,25). The van der Waals surface area contributed by atoms with E-state index in [1.54, 1.807) is 6.07 Å². The zero-order valence-electron chi connectivity index (χ0n) is 15.1. The Kier molecular flexibility index (Phi) is 7.05. The average molecular weight is 367 g/mol. The smallest absolute Gasteiger partial charge is 0.255 e. The predicted molar refractivity (Wildman–Crippen MR) is 99.9 cm³/mol. The molecular formula is C18H27ClN4O2. The van der Waals surface area contributed by atoms with Gasteiger partial charge in [-0.1, -0.05) is 11.6 Å². The molecule has 0 aliphatic heterocycles. The molecule has 0 spiro atoms. The fourth-order valence-electron chi connectivity index (χ4n) is 3.12. The maximum Gasteiger partial charge on any atom is 0.255 e. The molecule has 0 bridgehead atoms. The Morgan fingerprint density at radius 3 is 2.56 bits per heavy atom. The highest BCUT2D eigenvalue weighted by molar-refractivity contribution is 6.29. The Bertz CT molecular complexity index is 613. The first-order valence-corrected chi connectivity index (χ1v) is 9.29. The third-order valence-corrected chi connectivity index (χ3v) is 4.55. The van der Waals surface area contributed by atoms with E-state index in [2.05, 4.69) is 20.9 Å². The van der Waals surface area contributed by atoms with Crippen molar-refractivity contribution in [3.63, 3.8) is 0 Å². The minimum Gasteiger partial charge on any atom is -0.382 e. The van der Waals surface area contributed by atoms with Crippen LogP contribution in [0, 0.1) is 5.92 Å². The Labute approximate surface area is 154 Å². The van der Waals surface area contributed by atoms with Crippen LogP contribution in [-0.2, 0) is 4.79 Å². The second-order valence-electron chi connectivity index (χ2n) is 6.77. The van der Waals surface area contributed by atoms with Gasteiger partial charge in [-0.15, -0.1) is 0 Å². The molecule has 3 N–H and O–H groups in total. The number of aromatic nitrogens is 1. The summed E-state index contributed by atoms with van der Waals surface area (Å²) < 4.78 is 0. The molecule has 1 aromatic heterocycles. The van der Waals surface area contributed by atoms with Crippen molar-refractivity contribution in [1.29, 1.82) is 0 Å². The van der Waals surface area contributed by atoms with E-state index in [-0.39, 0.29) is 29.8 Å². The molecule has 0 radical (unpaired) electrons. The lowest BCUT2D eigenvalue weighted by molar-refractivity contribution is -0.125. The summed E-state index contributed by atoms with van der Waals surface area (Å²) in [6, 6.07) is 1.93. The zero-order valence-corrected chi connectivity index (χ0v) is 15.8. The number of carbonyl (C=O) groups is 2. The molecule has 0 atom stereocenters. The van der Waals surface area contributed by atoms with Gasteiger partial charge in [0.15, 0.2) is 0 Å². The number of hydrogen-bond acceptors (Lipinski definition) is 4. The van der Waals surface area contributed by atoms with Gasteiger partial charge in [0.25, 0.3) is 5.91 Å². The molecule has 1 saturated carbocycles. The van der Waals surface area contributed by atoms with Gasteiger partial charge in [0, 0.05) is 30.7 Å². The summed E-state index contributed by atoms with van der Waals surface area (Å²) in [4.78, 5) is 28.6. The maximum atomic E-state index is 12.6. The van der Waals surface area contributed by atoms with Gasteiger partial charge in [-0.05, 0) is 52.5 Å². The Hall–Kier alpha value is -1.82. The normalized spacial score (nSPS) is 20.2. The molecule has 25 heavy (non-hydrogen) atoms. The molecule has 1 aliphatic rings. The van der Waals surface area contributed by atoms with Crippen molar-refractivity contribution in [2.45, 2.75) is 58.5 Å². The first-order valence-electron chi connectivity index (χ1n) is 8.91. The van der Waals surface area contributed by atoms with Crippen LogP contribution in [0.4, 0.5) is 5.69 Å². The zero-order chi connectivity index (χ0) is 18.4. The number of rotatable bonds is 6. The number of nitrogens with zero attached hydrogens (tertiary/aromatic N) is 1. The van der Waals surface area contributed by atoms with E-state index in [1.807, 2.05) is 20.8 Å². The third-order valence-electron chi connectivity index (χ3n) is 4.34. The predicted octanol–water partition coefficient (Wildman–Crippen LogP) is 2.98. The quantitative estimate of drug-likeness (QED) is 0.676. The fraction of sp³-hybridized carbons (Fsp3) is 0.611. The van der Waals surface area contributed by atoms with Gasteiger partial charge in [0.1, 0.15) is 5.15 Å². The summed E-state index contributed by atoms with van der Waals surface area (Å²) in [7, 11) is 0. The lowest BCUT2D eigenvalue weighted by Gasteiger charge is -2.28. The number of anilines is 1. The van der Waals surface area contributed by atoms with E-state index in [9.17, 15) is 9.59 Å². The summed E-state index contributed by atoms with van der Waals surface area (Å²) in [6.45, 7) is 6.58. The van der Waals surface area contributed by atoms with Gasteiger partial charge < -0.3 is 16.0 Å². The van der Waals surface area contributed by atoms with Crippen LogP contribution < -0.4 is 16.0 Å². The summed E-state index contributed by atoms with van der Waals surface area (Å²) in [5.74, 6) is 0.0230. The first-order chi connectivity index (χ1) is 11.9. The first kappa shape index (κ1) is 19.5. The molecule has 0 aromatic carbocycles. The second-order valence-corrected chi connectivity index (χ2v) is 7.16. The van der Waals surface area contributed by atoms with E-state index < -0.39 is 0 Å². The molecule has 1 fully saturated rings. The highest BCUT2D eigenvalue weighted by Crippen LogP contribution is 2.25. The number of halogens is 1. The molecule has 7 heteroatoms. The van der Waals surface area contributed by atoms with Crippen molar-refractivity contribution in [3.8, 4) is 0 Å². The fourth-order valence-corrected chi connectivity index (χ4v) is 3.28. The Morgan fingerprint density at radius 2 is 1.96 bits per heavy atom.